The van der Waals surface area contributed by atoms with Crippen LogP contribution in [0.1, 0.15) is 5.69 Å². The lowest BCUT2D eigenvalue weighted by atomic mass is 10.2. The van der Waals surface area contributed by atoms with Crippen LogP contribution < -0.4 is 14.8 Å². The second-order valence-corrected chi connectivity index (χ2v) is 6.13. The topological polar surface area (TPSA) is 91.2 Å². The summed E-state index contributed by atoms with van der Waals surface area (Å²) in [5.41, 5.74) is 1.67. The number of fused-ring (bicyclic) bond motifs is 1. The molecule has 3 rings (SSSR count). The van der Waals surface area contributed by atoms with E-state index in [0.717, 1.165) is 0 Å². The van der Waals surface area contributed by atoms with Gasteiger partial charge in [-0.05, 0) is 30.3 Å². The summed E-state index contributed by atoms with van der Waals surface area (Å²) in [6.07, 6.45) is 4.44. The van der Waals surface area contributed by atoms with E-state index in [-0.39, 0.29) is 5.15 Å². The summed E-state index contributed by atoms with van der Waals surface area (Å²) >= 11 is 6.10. The summed E-state index contributed by atoms with van der Waals surface area (Å²) in [6.45, 7) is -0.446. The Morgan fingerprint density at radius 1 is 1.17 bits per heavy atom. The monoisotopic (exact) mass is 415 g/mol. The summed E-state index contributed by atoms with van der Waals surface area (Å²) in [5.74, 6) is -0.176. The van der Waals surface area contributed by atoms with Gasteiger partial charge in [0.25, 0.3) is 5.91 Å². The van der Waals surface area contributed by atoms with Crippen LogP contribution in [0.25, 0.3) is 11.7 Å². The minimum atomic E-state index is -0.686. The van der Waals surface area contributed by atoms with Crippen LogP contribution in [0.15, 0.2) is 48.7 Å². The van der Waals surface area contributed by atoms with Crippen LogP contribution in [0.5, 0.6) is 11.5 Å². The number of rotatable bonds is 7. The van der Waals surface area contributed by atoms with Crippen molar-refractivity contribution < 1.29 is 23.8 Å². The van der Waals surface area contributed by atoms with Crippen LogP contribution in [0.2, 0.25) is 5.15 Å². The molecule has 1 aromatic carbocycles. The van der Waals surface area contributed by atoms with Gasteiger partial charge in [0.15, 0.2) is 23.3 Å². The third-order valence-electron chi connectivity index (χ3n) is 3.91. The highest BCUT2D eigenvalue weighted by Gasteiger charge is 2.10. The molecule has 0 saturated heterocycles. The van der Waals surface area contributed by atoms with Gasteiger partial charge in [-0.1, -0.05) is 17.7 Å². The second-order valence-electron chi connectivity index (χ2n) is 5.78. The SMILES string of the molecule is COc1ccc(NC(=O)COC(=O)/C=C/c2c(Cl)nc3ccccn23)cc1OC. The molecule has 8 nitrogen and oxygen atoms in total. The summed E-state index contributed by atoms with van der Waals surface area (Å²) in [7, 11) is 3.01. The quantitative estimate of drug-likeness (QED) is 0.470. The van der Waals surface area contributed by atoms with E-state index in [0.29, 0.717) is 28.5 Å². The van der Waals surface area contributed by atoms with E-state index < -0.39 is 18.5 Å². The molecular weight excluding hydrogens is 398 g/mol. The molecule has 0 atom stereocenters. The molecule has 0 aliphatic heterocycles. The summed E-state index contributed by atoms with van der Waals surface area (Å²) in [4.78, 5) is 28.1. The first-order valence-electron chi connectivity index (χ1n) is 8.51. The number of benzene rings is 1. The fourth-order valence-corrected chi connectivity index (χ4v) is 2.82. The predicted molar refractivity (Wildman–Crippen MR) is 108 cm³/mol. The van der Waals surface area contributed by atoms with Gasteiger partial charge in [-0.3, -0.25) is 9.20 Å². The van der Waals surface area contributed by atoms with E-state index in [4.69, 9.17) is 25.8 Å². The van der Waals surface area contributed by atoms with E-state index in [1.165, 1.54) is 26.4 Å². The van der Waals surface area contributed by atoms with Crippen molar-refractivity contribution in [3.8, 4) is 11.5 Å². The first kappa shape index (κ1) is 20.2. The number of carbonyl (C=O) groups excluding carboxylic acids is 2. The maximum Gasteiger partial charge on any atom is 0.331 e. The van der Waals surface area contributed by atoms with Crippen LogP contribution >= 0.6 is 11.6 Å². The van der Waals surface area contributed by atoms with Crippen LogP contribution in [0.3, 0.4) is 0 Å². The molecule has 1 N–H and O–H groups in total. The van der Waals surface area contributed by atoms with Gasteiger partial charge in [0.05, 0.1) is 19.9 Å². The molecule has 29 heavy (non-hydrogen) atoms. The highest BCUT2D eigenvalue weighted by Crippen LogP contribution is 2.29. The van der Waals surface area contributed by atoms with E-state index in [2.05, 4.69) is 10.3 Å². The van der Waals surface area contributed by atoms with Crippen LogP contribution in [0.4, 0.5) is 5.69 Å². The first-order valence-corrected chi connectivity index (χ1v) is 8.89. The van der Waals surface area contributed by atoms with Crippen molar-refractivity contribution in [3.63, 3.8) is 0 Å². The third kappa shape index (κ3) is 4.85. The van der Waals surface area contributed by atoms with Gasteiger partial charge in [-0.2, -0.15) is 0 Å². The lowest BCUT2D eigenvalue weighted by Gasteiger charge is -2.10. The molecule has 150 valence electrons. The van der Waals surface area contributed by atoms with Crippen molar-refractivity contribution in [1.29, 1.82) is 0 Å². The zero-order valence-electron chi connectivity index (χ0n) is 15.7. The van der Waals surface area contributed by atoms with Crippen molar-refractivity contribution in [2.24, 2.45) is 0 Å². The van der Waals surface area contributed by atoms with E-state index >= 15 is 0 Å². The number of pyridine rings is 1. The number of methoxy groups -OCH3 is 2. The number of imidazole rings is 1. The zero-order chi connectivity index (χ0) is 20.8. The molecule has 2 aromatic heterocycles. The number of halogens is 1. The van der Waals surface area contributed by atoms with Crippen LogP contribution in [-0.2, 0) is 14.3 Å². The molecule has 0 aliphatic rings. The Balaban J connectivity index is 1.57. The van der Waals surface area contributed by atoms with Gasteiger partial charge >= 0.3 is 5.97 Å². The Hall–Kier alpha value is -3.52. The maximum absolute atomic E-state index is 12.0. The number of carbonyl (C=O) groups is 2. The van der Waals surface area contributed by atoms with Gasteiger partial charge in [-0.25, -0.2) is 9.78 Å². The van der Waals surface area contributed by atoms with E-state index in [1.807, 2.05) is 12.1 Å². The Morgan fingerprint density at radius 2 is 1.97 bits per heavy atom. The summed E-state index contributed by atoms with van der Waals surface area (Å²) in [6, 6.07) is 10.3. The smallest absolute Gasteiger partial charge is 0.331 e. The Labute approximate surface area is 171 Å². The van der Waals surface area contributed by atoms with Gasteiger partial charge in [0.2, 0.25) is 0 Å². The minimum Gasteiger partial charge on any atom is -0.493 e. The molecule has 0 radical (unpaired) electrons. The number of anilines is 1. The normalized spacial score (nSPS) is 10.9. The lowest BCUT2D eigenvalue weighted by molar-refractivity contribution is -0.142. The Bertz CT molecular complexity index is 1080. The zero-order valence-corrected chi connectivity index (χ0v) is 16.5. The maximum atomic E-state index is 12.0. The number of nitrogens with one attached hydrogen (secondary N) is 1. The average molecular weight is 416 g/mol. The molecule has 0 saturated carbocycles. The Morgan fingerprint density at radius 3 is 2.72 bits per heavy atom. The number of hydrogen-bond acceptors (Lipinski definition) is 6. The van der Waals surface area contributed by atoms with Crippen molar-refractivity contribution in [2.45, 2.75) is 0 Å². The summed E-state index contributed by atoms with van der Waals surface area (Å²) in [5, 5.41) is 2.87. The number of nitrogens with zero attached hydrogens (tertiary/aromatic N) is 2. The van der Waals surface area contributed by atoms with Gasteiger partial charge in [-0.15, -0.1) is 0 Å². The van der Waals surface area contributed by atoms with Crippen molar-refractivity contribution in [1.82, 2.24) is 9.38 Å². The number of aromatic nitrogens is 2. The van der Waals surface area contributed by atoms with Gasteiger partial charge < -0.3 is 19.5 Å². The molecular formula is C20H18ClN3O5. The van der Waals surface area contributed by atoms with E-state index in [9.17, 15) is 9.59 Å². The first-order chi connectivity index (χ1) is 14.0. The molecule has 1 amide bonds. The molecule has 0 spiro atoms. The lowest BCUT2D eigenvalue weighted by Crippen LogP contribution is -2.20. The van der Waals surface area contributed by atoms with Crippen LogP contribution in [-0.4, -0.2) is 42.1 Å². The fraction of sp³-hybridized carbons (Fsp3) is 0.150. The fourth-order valence-electron chi connectivity index (χ4n) is 2.58. The van der Waals surface area contributed by atoms with Crippen LogP contribution in [0, 0.1) is 0 Å². The number of esters is 1. The summed E-state index contributed by atoms with van der Waals surface area (Å²) < 4.78 is 17.0. The van der Waals surface area contributed by atoms with Gasteiger partial charge in [0, 0.05) is 24.0 Å². The molecule has 3 aromatic rings. The Kier molecular flexibility index (Phi) is 6.36. The number of amides is 1. The minimum absolute atomic E-state index is 0.256. The standard InChI is InChI=1S/C20H18ClN3O5/c1-27-15-8-6-13(11-16(15)28-2)22-18(25)12-29-19(26)9-7-14-20(21)23-17-5-3-4-10-24(14)17/h3-11H,12H2,1-2H3,(H,22,25)/b9-7+. The second kappa shape index (κ2) is 9.11. The molecule has 0 unspecified atom stereocenters. The molecule has 2 heterocycles. The molecule has 0 aliphatic carbocycles. The molecule has 0 fully saturated rings. The highest BCUT2D eigenvalue weighted by atomic mass is 35.5. The van der Waals surface area contributed by atoms with Crippen molar-refractivity contribution in [2.75, 3.05) is 26.1 Å². The largest absolute Gasteiger partial charge is 0.493 e. The number of hydrogen-bond donors (Lipinski definition) is 1. The molecule has 0 bridgehead atoms. The highest BCUT2D eigenvalue weighted by molar-refractivity contribution is 6.31. The van der Waals surface area contributed by atoms with Gasteiger partial charge in [0.1, 0.15) is 5.65 Å². The predicted octanol–water partition coefficient (Wildman–Crippen LogP) is 3.20. The van der Waals surface area contributed by atoms with Crippen molar-refractivity contribution in [3.05, 3.63) is 59.5 Å². The third-order valence-corrected chi connectivity index (χ3v) is 4.19. The molecule has 9 heteroatoms. The average Bonchev–Trinajstić information content (AvgIpc) is 3.05. The van der Waals surface area contributed by atoms with E-state index in [1.54, 1.807) is 34.9 Å². The number of ether oxygens (including phenoxy) is 3. The van der Waals surface area contributed by atoms with Crippen molar-refractivity contribution >= 4 is 40.9 Å².